The number of benzene rings is 1. The van der Waals surface area contributed by atoms with Gasteiger partial charge < -0.3 is 10.2 Å². The number of anilines is 2. The number of hydrogen-bond donors (Lipinski definition) is 1. The third kappa shape index (κ3) is 2.19. The van der Waals surface area contributed by atoms with Crippen molar-refractivity contribution in [3.63, 3.8) is 0 Å². The molecule has 2 aromatic rings. The summed E-state index contributed by atoms with van der Waals surface area (Å²) in [4.78, 5) is 30.7. The Hall–Kier alpha value is -2.43. The van der Waals surface area contributed by atoms with Crippen LogP contribution >= 0.6 is 0 Å². The number of piperidine rings is 1. The van der Waals surface area contributed by atoms with E-state index >= 15 is 0 Å². The van der Waals surface area contributed by atoms with Crippen LogP contribution in [0.15, 0.2) is 30.5 Å². The lowest BCUT2D eigenvalue weighted by molar-refractivity contribution is -0.121. The van der Waals surface area contributed by atoms with Crippen molar-refractivity contribution in [2.75, 3.05) is 10.2 Å². The Labute approximate surface area is 140 Å². The predicted molar refractivity (Wildman–Crippen MR) is 91.7 cm³/mol. The molecular weight excluding hydrogens is 302 g/mol. The summed E-state index contributed by atoms with van der Waals surface area (Å²) in [5.41, 5.74) is 0.963. The van der Waals surface area contributed by atoms with Gasteiger partial charge in [0.15, 0.2) is 0 Å². The fraction of sp³-hybridized carbons (Fsp3) is 0.421. The molecule has 0 unspecified atom stereocenters. The summed E-state index contributed by atoms with van der Waals surface area (Å²) < 4.78 is 0. The van der Waals surface area contributed by atoms with Crippen molar-refractivity contribution < 1.29 is 9.59 Å². The number of aromatic nitrogens is 1. The summed E-state index contributed by atoms with van der Waals surface area (Å²) >= 11 is 0. The number of nitrogens with one attached hydrogen (secondary N) is 1. The van der Waals surface area contributed by atoms with Crippen LogP contribution in [-0.2, 0) is 9.59 Å². The van der Waals surface area contributed by atoms with Gasteiger partial charge in [0.25, 0.3) is 0 Å². The lowest BCUT2D eigenvalue weighted by Crippen LogP contribution is -2.36. The fourth-order valence-electron chi connectivity index (χ4n) is 4.05. The van der Waals surface area contributed by atoms with Crippen molar-refractivity contribution in [1.29, 1.82) is 0 Å². The highest BCUT2D eigenvalue weighted by Gasteiger charge is 2.45. The van der Waals surface area contributed by atoms with E-state index in [0.717, 1.165) is 48.6 Å². The molecular formula is C19H19N3O2. The molecule has 3 aliphatic rings. The standard InChI is InChI=1S/C19H19N3O2/c23-18(11-1-2-11)21-17-9-14-8-16(6-4-13(14)10-20-17)22-15-5-3-12(7-15)19(22)24/h4,6,8-12,15H,1-3,5,7H2,(H,20,21,23)/t12-,15+/m1/s1. The first-order valence-corrected chi connectivity index (χ1v) is 8.73. The minimum atomic E-state index is 0.0602. The van der Waals surface area contributed by atoms with Crippen LogP contribution in [0, 0.1) is 11.8 Å². The SMILES string of the molecule is O=C(Nc1cc2cc(N3C(=O)[C@@H]4CC[C@H]3C4)ccc2cn1)C1CC1. The van der Waals surface area contributed by atoms with Gasteiger partial charge in [-0.25, -0.2) is 4.98 Å². The highest BCUT2D eigenvalue weighted by atomic mass is 16.2. The summed E-state index contributed by atoms with van der Waals surface area (Å²) in [6.07, 6.45) is 6.87. The molecule has 1 N–H and O–H groups in total. The molecule has 122 valence electrons. The molecule has 0 spiro atoms. The number of carbonyl (C=O) groups excluding carboxylic acids is 2. The van der Waals surface area contributed by atoms with Gasteiger partial charge in [0.2, 0.25) is 11.8 Å². The molecule has 2 aliphatic carbocycles. The van der Waals surface area contributed by atoms with Gasteiger partial charge in [-0.3, -0.25) is 9.59 Å². The average molecular weight is 321 g/mol. The van der Waals surface area contributed by atoms with E-state index in [2.05, 4.69) is 10.3 Å². The van der Waals surface area contributed by atoms with Crippen molar-refractivity contribution >= 4 is 34.1 Å². The summed E-state index contributed by atoms with van der Waals surface area (Å²) in [6, 6.07) is 8.31. The maximum atomic E-state index is 12.5. The van der Waals surface area contributed by atoms with Crippen molar-refractivity contribution in [2.24, 2.45) is 11.8 Å². The smallest absolute Gasteiger partial charge is 0.230 e. The summed E-state index contributed by atoms with van der Waals surface area (Å²) in [7, 11) is 0. The number of rotatable bonds is 3. The lowest BCUT2D eigenvalue weighted by Gasteiger charge is -2.27. The van der Waals surface area contributed by atoms with Crippen LogP contribution in [0.4, 0.5) is 11.5 Å². The molecule has 1 aromatic heterocycles. The molecule has 3 fully saturated rings. The monoisotopic (exact) mass is 321 g/mol. The molecule has 2 saturated carbocycles. The van der Waals surface area contributed by atoms with Crippen molar-refractivity contribution in [1.82, 2.24) is 4.98 Å². The third-order valence-electron chi connectivity index (χ3n) is 5.54. The number of amides is 2. The number of nitrogens with zero attached hydrogens (tertiary/aromatic N) is 2. The van der Waals surface area contributed by atoms with E-state index in [4.69, 9.17) is 0 Å². The number of fused-ring (bicyclic) bond motifs is 3. The van der Waals surface area contributed by atoms with E-state index in [-0.39, 0.29) is 23.7 Å². The zero-order valence-corrected chi connectivity index (χ0v) is 13.4. The van der Waals surface area contributed by atoms with Gasteiger partial charge in [0.05, 0.1) is 0 Å². The van der Waals surface area contributed by atoms with Gasteiger partial charge in [0, 0.05) is 35.1 Å². The van der Waals surface area contributed by atoms with Gasteiger partial charge in [-0.2, -0.15) is 0 Å². The van der Waals surface area contributed by atoms with Crippen molar-refractivity contribution in [2.45, 2.75) is 38.1 Å². The van der Waals surface area contributed by atoms with Crippen molar-refractivity contribution in [3.8, 4) is 0 Å². The third-order valence-corrected chi connectivity index (χ3v) is 5.54. The Bertz CT molecular complexity index is 859. The van der Waals surface area contributed by atoms with Crippen LogP contribution < -0.4 is 10.2 Å². The number of carbonyl (C=O) groups is 2. The van der Waals surface area contributed by atoms with E-state index in [1.54, 1.807) is 6.20 Å². The Balaban J connectivity index is 1.47. The fourth-order valence-corrected chi connectivity index (χ4v) is 4.05. The molecule has 0 radical (unpaired) electrons. The van der Waals surface area contributed by atoms with Gasteiger partial charge in [0.1, 0.15) is 5.82 Å². The first-order chi connectivity index (χ1) is 11.7. The zero-order valence-electron chi connectivity index (χ0n) is 13.4. The quantitative estimate of drug-likeness (QED) is 0.945. The molecule has 5 rings (SSSR count). The molecule has 1 aromatic carbocycles. The summed E-state index contributed by atoms with van der Waals surface area (Å²) in [6.45, 7) is 0. The maximum Gasteiger partial charge on any atom is 0.230 e. The second kappa shape index (κ2) is 5.03. The molecule has 24 heavy (non-hydrogen) atoms. The highest BCUT2D eigenvalue weighted by molar-refractivity contribution is 6.01. The van der Waals surface area contributed by atoms with E-state index in [1.165, 1.54) is 0 Å². The van der Waals surface area contributed by atoms with Crippen LogP contribution in [0.3, 0.4) is 0 Å². The normalized spacial score (nSPS) is 25.5. The zero-order chi connectivity index (χ0) is 16.3. The molecule has 5 heteroatoms. The Morgan fingerprint density at radius 3 is 2.75 bits per heavy atom. The maximum absolute atomic E-state index is 12.5. The summed E-state index contributed by atoms with van der Waals surface area (Å²) in [5, 5.41) is 4.91. The van der Waals surface area contributed by atoms with Crippen LogP contribution in [0.25, 0.3) is 10.8 Å². The highest BCUT2D eigenvalue weighted by Crippen LogP contribution is 2.41. The van der Waals surface area contributed by atoms with Crippen LogP contribution in [0.2, 0.25) is 0 Å². The van der Waals surface area contributed by atoms with Crippen LogP contribution in [0.5, 0.6) is 0 Å². The minimum absolute atomic E-state index is 0.0602. The topological polar surface area (TPSA) is 62.3 Å². The van der Waals surface area contributed by atoms with Gasteiger partial charge >= 0.3 is 0 Å². The largest absolute Gasteiger partial charge is 0.310 e. The first-order valence-electron chi connectivity index (χ1n) is 8.73. The van der Waals surface area contributed by atoms with Gasteiger partial charge in [-0.15, -0.1) is 0 Å². The minimum Gasteiger partial charge on any atom is -0.310 e. The molecule has 1 saturated heterocycles. The van der Waals surface area contributed by atoms with Gasteiger partial charge in [-0.1, -0.05) is 6.07 Å². The molecule has 1 aliphatic heterocycles. The summed E-state index contributed by atoms with van der Waals surface area (Å²) in [5.74, 6) is 1.29. The van der Waals surface area contributed by atoms with Crippen LogP contribution in [-0.4, -0.2) is 22.8 Å². The first kappa shape index (κ1) is 14.0. The molecule has 5 nitrogen and oxygen atoms in total. The molecule has 2 amide bonds. The van der Waals surface area contributed by atoms with Crippen molar-refractivity contribution in [3.05, 3.63) is 30.5 Å². The molecule has 2 atom stereocenters. The van der Waals surface area contributed by atoms with E-state index in [0.29, 0.717) is 11.9 Å². The van der Waals surface area contributed by atoms with E-state index < -0.39 is 0 Å². The van der Waals surface area contributed by atoms with Gasteiger partial charge in [-0.05, 0) is 55.7 Å². The van der Waals surface area contributed by atoms with Crippen LogP contribution in [0.1, 0.15) is 32.1 Å². The van der Waals surface area contributed by atoms with E-state index in [1.807, 2.05) is 29.2 Å². The Morgan fingerprint density at radius 1 is 1.12 bits per heavy atom. The Kier molecular flexibility index (Phi) is 2.93. The molecule has 2 bridgehead atoms. The average Bonchev–Trinajstić information content (AvgIpc) is 3.26. The lowest BCUT2D eigenvalue weighted by atomic mass is 10.1. The Morgan fingerprint density at radius 2 is 2.00 bits per heavy atom. The second-order valence-corrected chi connectivity index (χ2v) is 7.24. The second-order valence-electron chi connectivity index (χ2n) is 7.24. The van der Waals surface area contributed by atoms with E-state index in [9.17, 15) is 9.59 Å². The molecule has 2 heterocycles. The number of hydrogen-bond acceptors (Lipinski definition) is 3. The number of pyridine rings is 1. The predicted octanol–water partition coefficient (Wildman–Crippen LogP) is 3.10.